The Morgan fingerprint density at radius 3 is 1.43 bits per heavy atom. The summed E-state index contributed by atoms with van der Waals surface area (Å²) >= 11 is 0. The lowest BCUT2D eigenvalue weighted by Gasteiger charge is -2.11. The van der Waals surface area contributed by atoms with Gasteiger partial charge in [0.2, 0.25) is 0 Å². The zero-order valence-electron chi connectivity index (χ0n) is 26.2. The smallest absolute Gasteiger partial charge is 0.0992 e. The van der Waals surface area contributed by atoms with Gasteiger partial charge in [0.15, 0.2) is 0 Å². The van der Waals surface area contributed by atoms with Gasteiger partial charge in [0, 0.05) is 49.4 Å². The third-order valence-electron chi connectivity index (χ3n) is 9.87. The summed E-state index contributed by atoms with van der Waals surface area (Å²) in [5, 5.41) is 26.3. The Kier molecular flexibility index (Phi) is 5.64. The van der Waals surface area contributed by atoms with Crippen LogP contribution in [0.2, 0.25) is 0 Å². The number of rotatable bonds is 3. The first kappa shape index (κ1) is 27.1. The summed E-state index contributed by atoms with van der Waals surface area (Å²) in [4.78, 5) is 0. The van der Waals surface area contributed by atoms with Gasteiger partial charge in [-0.05, 0) is 78.9 Å². The number of para-hydroxylation sites is 3. The third kappa shape index (κ3) is 3.73. The van der Waals surface area contributed by atoms with Crippen LogP contribution < -0.4 is 0 Å². The first-order valence-corrected chi connectivity index (χ1v) is 16.2. The van der Waals surface area contributed by atoms with Gasteiger partial charge in [-0.15, -0.1) is 0 Å². The third-order valence-corrected chi connectivity index (χ3v) is 9.87. The molecule has 10 rings (SSSR count). The van der Waals surface area contributed by atoms with Crippen LogP contribution in [0, 0.1) is 22.7 Å². The minimum Gasteiger partial charge on any atom is -0.309 e. The van der Waals surface area contributed by atoms with Gasteiger partial charge in [0.05, 0.1) is 56.4 Å². The first-order valence-electron chi connectivity index (χ1n) is 16.2. The highest BCUT2D eigenvalue weighted by Crippen LogP contribution is 2.46. The SMILES string of the molecule is N#Cc1ccc(-n2c3ccccc3c3c2ccc2c4ccc5c(c6ccc(C#N)cc6n5-c5ccccc5)c4n(-c4ccccc4)c23)cc1. The summed E-state index contributed by atoms with van der Waals surface area (Å²) in [6.45, 7) is 0. The van der Waals surface area contributed by atoms with Gasteiger partial charge >= 0.3 is 0 Å². The molecular weight excluding hydrogens is 599 g/mol. The second-order valence-corrected chi connectivity index (χ2v) is 12.4. The maximum absolute atomic E-state index is 9.91. The van der Waals surface area contributed by atoms with Gasteiger partial charge in [-0.25, -0.2) is 0 Å². The van der Waals surface area contributed by atoms with E-state index < -0.39 is 0 Å². The number of hydrogen-bond acceptors (Lipinski definition) is 2. The summed E-state index contributed by atoms with van der Waals surface area (Å²) < 4.78 is 7.03. The van der Waals surface area contributed by atoms with Gasteiger partial charge < -0.3 is 13.7 Å². The minimum atomic E-state index is 0.629. The predicted octanol–water partition coefficient (Wildman–Crippen LogP) is 10.7. The van der Waals surface area contributed by atoms with Crippen LogP contribution in [0.1, 0.15) is 11.1 Å². The van der Waals surface area contributed by atoms with E-state index in [2.05, 4.69) is 135 Å². The molecule has 5 nitrogen and oxygen atoms in total. The number of nitrogens with zero attached hydrogens (tertiary/aromatic N) is 5. The van der Waals surface area contributed by atoms with Crippen molar-refractivity contribution < 1.29 is 0 Å². The van der Waals surface area contributed by atoms with Crippen LogP contribution in [0.3, 0.4) is 0 Å². The van der Waals surface area contributed by atoms with Crippen molar-refractivity contribution in [1.82, 2.24) is 13.7 Å². The molecule has 0 bridgehead atoms. The van der Waals surface area contributed by atoms with Gasteiger partial charge in [-0.3, -0.25) is 0 Å². The summed E-state index contributed by atoms with van der Waals surface area (Å²) in [6.07, 6.45) is 0. The van der Waals surface area contributed by atoms with Gasteiger partial charge in [0.1, 0.15) is 0 Å². The standard InChI is InChI=1S/C44H25N5/c45-26-28-15-18-32(19-16-28)47-37-14-8-7-13-35(37)41-38(47)23-21-33-34-22-24-39-42(44(34)49(43(33)41)31-11-5-2-6-12-31)36-20-17-29(27-46)25-40(36)48(39)30-9-3-1-4-10-30/h1-25H. The highest BCUT2D eigenvalue weighted by atomic mass is 15.0. The topological polar surface area (TPSA) is 62.4 Å². The molecule has 49 heavy (non-hydrogen) atoms. The number of nitriles is 2. The van der Waals surface area contributed by atoms with Crippen molar-refractivity contribution >= 4 is 65.4 Å². The van der Waals surface area contributed by atoms with E-state index in [1.807, 2.05) is 42.5 Å². The Balaban J connectivity index is 1.45. The first-order chi connectivity index (χ1) is 24.2. The average Bonchev–Trinajstić information content (AvgIpc) is 3.80. The summed E-state index contributed by atoms with van der Waals surface area (Å²) in [6, 6.07) is 57.0. The zero-order chi connectivity index (χ0) is 32.6. The molecule has 7 aromatic carbocycles. The summed E-state index contributed by atoms with van der Waals surface area (Å²) in [5.41, 5.74) is 11.0. The van der Waals surface area contributed by atoms with Crippen molar-refractivity contribution in [2.75, 3.05) is 0 Å². The van der Waals surface area contributed by atoms with E-state index in [1.54, 1.807) is 0 Å². The van der Waals surface area contributed by atoms with Crippen molar-refractivity contribution in [2.45, 2.75) is 0 Å². The zero-order valence-corrected chi connectivity index (χ0v) is 26.2. The Morgan fingerprint density at radius 1 is 0.347 bits per heavy atom. The molecule has 0 aliphatic heterocycles. The van der Waals surface area contributed by atoms with Gasteiger partial charge in [-0.1, -0.05) is 72.8 Å². The van der Waals surface area contributed by atoms with E-state index in [0.717, 1.165) is 66.3 Å². The molecule has 0 aliphatic rings. The molecule has 0 saturated heterocycles. The molecule has 5 heteroatoms. The van der Waals surface area contributed by atoms with Crippen molar-refractivity contribution in [3.63, 3.8) is 0 Å². The Labute approximate surface area is 280 Å². The molecule has 0 atom stereocenters. The lowest BCUT2D eigenvalue weighted by Crippen LogP contribution is -1.96. The molecule has 0 N–H and O–H groups in total. The molecule has 0 saturated carbocycles. The van der Waals surface area contributed by atoms with E-state index in [9.17, 15) is 10.5 Å². The van der Waals surface area contributed by atoms with Crippen LogP contribution in [-0.2, 0) is 0 Å². The molecule has 0 aliphatic carbocycles. The predicted molar refractivity (Wildman–Crippen MR) is 199 cm³/mol. The maximum Gasteiger partial charge on any atom is 0.0992 e. The highest BCUT2D eigenvalue weighted by Gasteiger charge is 2.24. The molecule has 226 valence electrons. The monoisotopic (exact) mass is 623 g/mol. The van der Waals surface area contributed by atoms with Crippen LogP contribution in [0.15, 0.2) is 152 Å². The maximum atomic E-state index is 9.91. The lowest BCUT2D eigenvalue weighted by atomic mass is 10.1. The molecule has 3 aromatic heterocycles. The number of aromatic nitrogens is 3. The van der Waals surface area contributed by atoms with Crippen LogP contribution in [0.5, 0.6) is 0 Å². The number of hydrogen-bond donors (Lipinski definition) is 0. The molecular formula is C44H25N5. The average molecular weight is 624 g/mol. The normalized spacial score (nSPS) is 11.6. The van der Waals surface area contributed by atoms with E-state index in [1.165, 1.54) is 16.2 Å². The van der Waals surface area contributed by atoms with E-state index in [4.69, 9.17) is 0 Å². The second-order valence-electron chi connectivity index (χ2n) is 12.4. The van der Waals surface area contributed by atoms with E-state index >= 15 is 0 Å². The van der Waals surface area contributed by atoms with Crippen LogP contribution in [0.25, 0.3) is 82.5 Å². The lowest BCUT2D eigenvalue weighted by molar-refractivity contribution is 1.17. The summed E-state index contributed by atoms with van der Waals surface area (Å²) in [5.74, 6) is 0. The summed E-state index contributed by atoms with van der Waals surface area (Å²) in [7, 11) is 0. The number of benzene rings is 7. The number of fused-ring (bicyclic) bond motifs is 11. The van der Waals surface area contributed by atoms with Crippen molar-refractivity contribution in [3.8, 4) is 29.2 Å². The van der Waals surface area contributed by atoms with Crippen molar-refractivity contribution in [2.24, 2.45) is 0 Å². The van der Waals surface area contributed by atoms with Gasteiger partial charge in [0.25, 0.3) is 0 Å². The molecule has 3 heterocycles. The fourth-order valence-corrected chi connectivity index (χ4v) is 7.87. The molecule has 0 fully saturated rings. The Bertz CT molecular complexity index is 3040. The van der Waals surface area contributed by atoms with Crippen molar-refractivity contribution in [1.29, 1.82) is 10.5 Å². The second kappa shape index (κ2) is 10.2. The Morgan fingerprint density at radius 2 is 0.816 bits per heavy atom. The molecule has 0 radical (unpaired) electrons. The molecule has 0 unspecified atom stereocenters. The quantitative estimate of drug-likeness (QED) is 0.197. The molecule has 0 spiro atoms. The molecule has 10 aromatic rings. The van der Waals surface area contributed by atoms with Crippen LogP contribution in [-0.4, -0.2) is 13.7 Å². The van der Waals surface area contributed by atoms with E-state index in [0.29, 0.717) is 11.1 Å². The largest absolute Gasteiger partial charge is 0.309 e. The Hall–Kier alpha value is -7.08. The molecule has 0 amide bonds. The highest BCUT2D eigenvalue weighted by molar-refractivity contribution is 6.31. The minimum absolute atomic E-state index is 0.629. The van der Waals surface area contributed by atoms with Crippen LogP contribution in [0.4, 0.5) is 0 Å². The van der Waals surface area contributed by atoms with E-state index in [-0.39, 0.29) is 0 Å². The fraction of sp³-hybridized carbons (Fsp3) is 0. The van der Waals surface area contributed by atoms with Gasteiger partial charge in [-0.2, -0.15) is 10.5 Å². The van der Waals surface area contributed by atoms with Crippen molar-refractivity contribution in [3.05, 3.63) is 163 Å². The van der Waals surface area contributed by atoms with Crippen LogP contribution >= 0.6 is 0 Å². The fourth-order valence-electron chi connectivity index (χ4n) is 7.87.